The molecule has 1 aliphatic carbocycles. The number of carbonyl (C=O) groups is 2. The number of halogens is 2. The van der Waals surface area contributed by atoms with Gasteiger partial charge in [-0.3, -0.25) is 9.59 Å². The van der Waals surface area contributed by atoms with Crippen molar-refractivity contribution in [3.8, 4) is 0 Å². The minimum absolute atomic E-state index is 0.175. The van der Waals surface area contributed by atoms with Crippen molar-refractivity contribution >= 4 is 68.0 Å². The summed E-state index contributed by atoms with van der Waals surface area (Å²) in [6.45, 7) is 0. The van der Waals surface area contributed by atoms with E-state index in [-0.39, 0.29) is 36.5 Å². The molecule has 1 aliphatic rings. The van der Waals surface area contributed by atoms with E-state index in [4.69, 9.17) is 23.2 Å². The molecule has 12 heteroatoms. The lowest BCUT2D eigenvalue weighted by Crippen LogP contribution is -2.14. The highest BCUT2D eigenvalue weighted by Gasteiger charge is 2.29. The summed E-state index contributed by atoms with van der Waals surface area (Å²) in [6, 6.07) is 14.6. The predicted octanol–water partition coefficient (Wildman–Crippen LogP) is 6.50. The van der Waals surface area contributed by atoms with Crippen molar-refractivity contribution in [3.63, 3.8) is 0 Å². The number of rotatable bonds is 8. The zero-order valence-electron chi connectivity index (χ0n) is 20.2. The molecule has 1 saturated carbocycles. The average molecular weight is 588 g/mol. The zero-order valence-corrected chi connectivity index (χ0v) is 23.3. The standard InChI is InChI=1S/C26H24Cl2N6O2S2/c27-19-10-3-1-6-15(19)13-21(35)29-25-33-31-23(37-25)17-8-5-9-18(12-17)24-32-34-26(38-24)30-22(36)14-16-7-2-4-11-20(16)28/h1-4,6-7,10-11,17-18H,5,8-9,12-14H2,(H,29,33,35)(H,30,34,36)/t17-,18?/m0/s1. The van der Waals surface area contributed by atoms with E-state index < -0.39 is 0 Å². The first-order chi connectivity index (χ1) is 18.4. The van der Waals surface area contributed by atoms with Crippen molar-refractivity contribution in [1.82, 2.24) is 20.4 Å². The molecule has 2 N–H and O–H groups in total. The van der Waals surface area contributed by atoms with E-state index in [2.05, 4.69) is 31.0 Å². The van der Waals surface area contributed by atoms with Gasteiger partial charge >= 0.3 is 0 Å². The first kappa shape index (κ1) is 26.7. The number of nitrogens with one attached hydrogen (secondary N) is 2. The first-order valence-electron chi connectivity index (χ1n) is 12.2. The van der Waals surface area contributed by atoms with Gasteiger partial charge < -0.3 is 10.6 Å². The van der Waals surface area contributed by atoms with Crippen LogP contribution in [0.3, 0.4) is 0 Å². The number of hydrogen-bond acceptors (Lipinski definition) is 8. The van der Waals surface area contributed by atoms with E-state index in [1.165, 1.54) is 22.7 Å². The van der Waals surface area contributed by atoms with Crippen LogP contribution in [0.25, 0.3) is 0 Å². The SMILES string of the molecule is O=C(Cc1ccccc1Cl)Nc1nnc(C2CCC[C@H](c3nnc(NC(=O)Cc4ccccc4Cl)s3)C2)s1. The molecule has 2 atom stereocenters. The van der Waals surface area contributed by atoms with Crippen LogP contribution in [0.2, 0.25) is 10.0 Å². The molecule has 2 aromatic heterocycles. The van der Waals surface area contributed by atoms with E-state index in [1.54, 1.807) is 12.1 Å². The van der Waals surface area contributed by atoms with Crippen LogP contribution in [0.1, 0.15) is 58.7 Å². The molecular formula is C26H24Cl2N6O2S2. The van der Waals surface area contributed by atoms with Gasteiger partial charge in [-0.05, 0) is 42.5 Å². The number of carbonyl (C=O) groups excluding carboxylic acids is 2. The Bertz CT molecular complexity index is 1340. The summed E-state index contributed by atoms with van der Waals surface area (Å²) in [5.41, 5.74) is 1.53. The summed E-state index contributed by atoms with van der Waals surface area (Å²) in [5, 5.41) is 26.7. The molecule has 1 unspecified atom stereocenters. The fraction of sp³-hybridized carbons (Fsp3) is 0.308. The van der Waals surface area contributed by atoms with Gasteiger partial charge in [-0.15, -0.1) is 20.4 Å². The number of aromatic nitrogens is 4. The van der Waals surface area contributed by atoms with Crippen LogP contribution >= 0.6 is 45.9 Å². The lowest BCUT2D eigenvalue weighted by atomic mass is 9.82. The molecule has 0 aliphatic heterocycles. The maximum absolute atomic E-state index is 12.5. The van der Waals surface area contributed by atoms with Gasteiger partial charge in [-0.1, -0.05) is 88.7 Å². The van der Waals surface area contributed by atoms with Gasteiger partial charge in [-0.25, -0.2) is 0 Å². The van der Waals surface area contributed by atoms with Crippen LogP contribution in [-0.4, -0.2) is 32.2 Å². The van der Waals surface area contributed by atoms with Crippen molar-refractivity contribution in [2.24, 2.45) is 0 Å². The van der Waals surface area contributed by atoms with E-state index in [1.807, 2.05) is 36.4 Å². The van der Waals surface area contributed by atoms with E-state index in [0.717, 1.165) is 46.8 Å². The summed E-state index contributed by atoms with van der Waals surface area (Å²) in [5.74, 6) is 0.0888. The number of benzene rings is 2. The molecule has 38 heavy (non-hydrogen) atoms. The van der Waals surface area contributed by atoms with Crippen molar-refractivity contribution in [1.29, 1.82) is 0 Å². The molecule has 0 bridgehead atoms. The molecule has 2 aromatic carbocycles. The van der Waals surface area contributed by atoms with Crippen LogP contribution < -0.4 is 10.6 Å². The first-order valence-corrected chi connectivity index (χ1v) is 14.6. The lowest BCUT2D eigenvalue weighted by molar-refractivity contribution is -0.116. The Labute approximate surface area is 237 Å². The van der Waals surface area contributed by atoms with Gasteiger partial charge in [0.05, 0.1) is 12.8 Å². The normalized spacial score (nSPS) is 17.2. The average Bonchev–Trinajstić information content (AvgIpc) is 3.57. The molecule has 0 saturated heterocycles. The fourth-order valence-corrected chi connectivity index (χ4v) is 6.71. The van der Waals surface area contributed by atoms with Crippen molar-refractivity contribution < 1.29 is 9.59 Å². The van der Waals surface area contributed by atoms with Gasteiger partial charge in [0.1, 0.15) is 10.0 Å². The Hall–Kier alpha value is -2.92. The van der Waals surface area contributed by atoms with Crippen molar-refractivity contribution in [2.75, 3.05) is 10.6 Å². The summed E-state index contributed by atoms with van der Waals surface area (Å²) in [7, 11) is 0. The minimum Gasteiger partial charge on any atom is -0.300 e. The third-order valence-electron chi connectivity index (χ3n) is 6.36. The second-order valence-electron chi connectivity index (χ2n) is 9.08. The summed E-state index contributed by atoms with van der Waals surface area (Å²) in [6.07, 6.45) is 4.24. The maximum atomic E-state index is 12.5. The number of hydrogen-bond donors (Lipinski definition) is 2. The highest BCUT2D eigenvalue weighted by Crippen LogP contribution is 2.43. The maximum Gasteiger partial charge on any atom is 0.230 e. The largest absolute Gasteiger partial charge is 0.300 e. The number of amides is 2. The van der Waals surface area contributed by atoms with E-state index in [0.29, 0.717) is 20.3 Å². The highest BCUT2D eigenvalue weighted by molar-refractivity contribution is 7.15. The predicted molar refractivity (Wildman–Crippen MR) is 151 cm³/mol. The smallest absolute Gasteiger partial charge is 0.230 e. The topological polar surface area (TPSA) is 110 Å². The Kier molecular flexibility index (Phi) is 8.63. The summed E-state index contributed by atoms with van der Waals surface area (Å²) < 4.78 is 0. The monoisotopic (exact) mass is 586 g/mol. The Morgan fingerprint density at radius 1 is 0.737 bits per heavy atom. The number of nitrogens with zero attached hydrogens (tertiary/aromatic N) is 4. The number of anilines is 2. The Morgan fingerprint density at radius 3 is 1.63 bits per heavy atom. The third kappa shape index (κ3) is 6.74. The van der Waals surface area contributed by atoms with E-state index >= 15 is 0 Å². The Balaban J connectivity index is 1.16. The molecule has 0 radical (unpaired) electrons. The zero-order chi connectivity index (χ0) is 26.5. The van der Waals surface area contributed by atoms with E-state index in [9.17, 15) is 9.59 Å². The highest BCUT2D eigenvalue weighted by atomic mass is 35.5. The molecule has 0 spiro atoms. The fourth-order valence-electron chi connectivity index (χ4n) is 4.49. The van der Waals surface area contributed by atoms with Crippen LogP contribution in [0.4, 0.5) is 10.3 Å². The summed E-state index contributed by atoms with van der Waals surface area (Å²) in [4.78, 5) is 24.9. The molecule has 5 rings (SSSR count). The van der Waals surface area contributed by atoms with Crippen LogP contribution in [0, 0.1) is 0 Å². The molecular weight excluding hydrogens is 563 g/mol. The second kappa shape index (κ2) is 12.3. The molecule has 8 nitrogen and oxygen atoms in total. The van der Waals surface area contributed by atoms with Crippen molar-refractivity contribution in [3.05, 3.63) is 79.7 Å². The van der Waals surface area contributed by atoms with Crippen molar-refractivity contribution in [2.45, 2.75) is 50.4 Å². The van der Waals surface area contributed by atoms with Crippen LogP contribution in [0.15, 0.2) is 48.5 Å². The molecule has 196 valence electrons. The quantitative estimate of drug-likeness (QED) is 0.244. The molecule has 2 heterocycles. The van der Waals surface area contributed by atoms with Crippen LogP contribution in [0.5, 0.6) is 0 Å². The van der Waals surface area contributed by atoms with Crippen LogP contribution in [-0.2, 0) is 22.4 Å². The minimum atomic E-state index is -0.180. The second-order valence-corrected chi connectivity index (χ2v) is 11.9. The molecule has 1 fully saturated rings. The van der Waals surface area contributed by atoms with Gasteiger partial charge in [0, 0.05) is 21.9 Å². The Morgan fingerprint density at radius 2 is 1.18 bits per heavy atom. The van der Waals surface area contributed by atoms with Gasteiger partial charge in [0.15, 0.2) is 0 Å². The van der Waals surface area contributed by atoms with Gasteiger partial charge in [0.2, 0.25) is 22.1 Å². The molecule has 4 aromatic rings. The van der Waals surface area contributed by atoms with Gasteiger partial charge in [-0.2, -0.15) is 0 Å². The third-order valence-corrected chi connectivity index (χ3v) is 9.10. The summed E-state index contributed by atoms with van der Waals surface area (Å²) >= 11 is 15.1. The lowest BCUT2D eigenvalue weighted by Gasteiger charge is -2.25. The van der Waals surface area contributed by atoms with Gasteiger partial charge in [0.25, 0.3) is 0 Å². The molecule has 2 amide bonds.